The molecule has 1 heterocycles. The average Bonchev–Trinajstić information content (AvgIpc) is 2.62. The normalized spacial score (nSPS) is 14.5. The Morgan fingerprint density at radius 1 is 1.19 bits per heavy atom. The lowest BCUT2D eigenvalue weighted by molar-refractivity contribution is -0.136. The molecule has 1 aliphatic heterocycles. The summed E-state index contributed by atoms with van der Waals surface area (Å²) in [5.74, 6) is -1.37. The maximum absolute atomic E-state index is 12.1. The number of benzene rings is 1. The van der Waals surface area contributed by atoms with Crippen LogP contribution in [-0.4, -0.2) is 62.6 Å². The molecule has 1 fully saturated rings. The van der Waals surface area contributed by atoms with Crippen molar-refractivity contribution in [2.24, 2.45) is 0 Å². The molecule has 0 atom stereocenters. The lowest BCUT2D eigenvalue weighted by Crippen LogP contribution is -2.49. The van der Waals surface area contributed by atoms with Crippen LogP contribution in [0, 0.1) is 0 Å². The molecule has 0 saturated carbocycles. The van der Waals surface area contributed by atoms with Gasteiger partial charge in [-0.2, -0.15) is 0 Å². The van der Waals surface area contributed by atoms with E-state index in [-0.39, 0.29) is 12.1 Å². The van der Waals surface area contributed by atoms with Gasteiger partial charge in [0.2, 0.25) is 0 Å². The zero-order valence-corrected chi connectivity index (χ0v) is 15.4. The van der Waals surface area contributed by atoms with Crippen molar-refractivity contribution in [3.63, 3.8) is 0 Å². The van der Waals surface area contributed by atoms with Gasteiger partial charge < -0.3 is 25.2 Å². The number of nitrogens with one attached hydrogen (secondary N) is 2. The zero-order chi connectivity index (χ0) is 19.1. The second-order valence-electron chi connectivity index (χ2n) is 6.33. The molecule has 8 heteroatoms. The monoisotopic (exact) mass is 362 g/mol. The molecule has 1 aromatic carbocycles. The number of hydrogen-bond donors (Lipinski definition) is 2. The van der Waals surface area contributed by atoms with Crippen molar-refractivity contribution < 1.29 is 19.1 Å². The van der Waals surface area contributed by atoms with Gasteiger partial charge >= 0.3 is 17.9 Å². The third-order valence-corrected chi connectivity index (χ3v) is 4.18. The third kappa shape index (κ3) is 5.37. The topological polar surface area (TPSA) is 91.0 Å². The van der Waals surface area contributed by atoms with Crippen LogP contribution in [-0.2, 0) is 14.3 Å². The number of ether oxygens (including phenoxy) is 1. The Bertz CT molecular complexity index is 654. The van der Waals surface area contributed by atoms with Crippen molar-refractivity contribution in [2.45, 2.75) is 25.8 Å². The van der Waals surface area contributed by atoms with Crippen LogP contribution < -0.4 is 15.5 Å². The second-order valence-corrected chi connectivity index (χ2v) is 6.33. The summed E-state index contributed by atoms with van der Waals surface area (Å²) in [5, 5.41) is 5.34. The summed E-state index contributed by atoms with van der Waals surface area (Å²) in [7, 11) is 3.80. The molecular formula is C18H26N4O4. The van der Waals surface area contributed by atoms with E-state index in [4.69, 9.17) is 4.74 Å². The number of nitrogens with zero attached hydrogens (tertiary/aromatic N) is 2. The summed E-state index contributed by atoms with van der Waals surface area (Å²) in [6.07, 6.45) is 0.845. The number of likely N-dealkylation sites (tertiary alicyclic amines) is 1. The van der Waals surface area contributed by atoms with Crippen molar-refractivity contribution in [1.29, 1.82) is 0 Å². The molecule has 0 spiro atoms. The van der Waals surface area contributed by atoms with Crippen molar-refractivity contribution in [1.82, 2.24) is 10.2 Å². The second kappa shape index (κ2) is 9.07. The predicted molar refractivity (Wildman–Crippen MR) is 99.2 cm³/mol. The van der Waals surface area contributed by atoms with E-state index in [9.17, 15) is 14.4 Å². The molecule has 1 saturated heterocycles. The molecule has 0 unspecified atom stereocenters. The van der Waals surface area contributed by atoms with Crippen molar-refractivity contribution in [3.8, 4) is 0 Å². The number of piperidine rings is 1. The van der Waals surface area contributed by atoms with E-state index >= 15 is 0 Å². The summed E-state index contributed by atoms with van der Waals surface area (Å²) >= 11 is 0. The molecule has 26 heavy (non-hydrogen) atoms. The summed E-state index contributed by atoms with van der Waals surface area (Å²) in [6, 6.07) is 7.12. The zero-order valence-electron chi connectivity index (χ0n) is 15.4. The van der Waals surface area contributed by atoms with E-state index in [1.807, 2.05) is 31.1 Å². The fourth-order valence-electron chi connectivity index (χ4n) is 2.72. The SMILES string of the molecule is CCOC(=O)N1CCC(NC(=O)C(=O)Nc2cccc(N(C)C)c2)CC1. The highest BCUT2D eigenvalue weighted by Crippen LogP contribution is 2.17. The molecule has 0 aromatic heterocycles. The number of carbonyl (C=O) groups is 3. The molecule has 2 N–H and O–H groups in total. The minimum Gasteiger partial charge on any atom is -0.450 e. The molecular weight excluding hydrogens is 336 g/mol. The predicted octanol–water partition coefficient (Wildman–Crippen LogP) is 1.43. The number of rotatable bonds is 4. The first-order valence-electron chi connectivity index (χ1n) is 8.71. The number of hydrogen-bond acceptors (Lipinski definition) is 5. The minimum absolute atomic E-state index is 0.132. The van der Waals surface area contributed by atoms with Crippen LogP contribution in [0.2, 0.25) is 0 Å². The van der Waals surface area contributed by atoms with Gasteiger partial charge in [-0.25, -0.2) is 4.79 Å². The van der Waals surface area contributed by atoms with Crippen LogP contribution in [0.15, 0.2) is 24.3 Å². The first-order valence-corrected chi connectivity index (χ1v) is 8.71. The summed E-state index contributed by atoms with van der Waals surface area (Å²) < 4.78 is 4.96. The molecule has 0 radical (unpaired) electrons. The average molecular weight is 362 g/mol. The van der Waals surface area contributed by atoms with E-state index in [2.05, 4.69) is 10.6 Å². The van der Waals surface area contributed by atoms with Gasteiger partial charge in [0, 0.05) is 44.6 Å². The minimum atomic E-state index is -0.700. The largest absolute Gasteiger partial charge is 0.450 e. The van der Waals surface area contributed by atoms with Crippen molar-refractivity contribution in [3.05, 3.63) is 24.3 Å². The van der Waals surface area contributed by atoms with Gasteiger partial charge in [0.05, 0.1) is 6.61 Å². The summed E-state index contributed by atoms with van der Waals surface area (Å²) in [5.41, 5.74) is 1.49. The number of anilines is 2. The quantitative estimate of drug-likeness (QED) is 0.791. The van der Waals surface area contributed by atoms with Crippen LogP contribution in [0.4, 0.5) is 16.2 Å². The summed E-state index contributed by atoms with van der Waals surface area (Å²) in [4.78, 5) is 39.4. The molecule has 1 aliphatic rings. The molecule has 0 bridgehead atoms. The highest BCUT2D eigenvalue weighted by molar-refractivity contribution is 6.39. The molecule has 142 valence electrons. The summed E-state index contributed by atoms with van der Waals surface area (Å²) in [6.45, 7) is 3.09. The molecule has 3 amide bonds. The smallest absolute Gasteiger partial charge is 0.409 e. The Hall–Kier alpha value is -2.77. The Morgan fingerprint density at radius 2 is 1.88 bits per heavy atom. The molecule has 1 aromatic rings. The van der Waals surface area contributed by atoms with Gasteiger partial charge in [0.25, 0.3) is 0 Å². The van der Waals surface area contributed by atoms with Gasteiger partial charge in [-0.15, -0.1) is 0 Å². The highest BCUT2D eigenvalue weighted by Gasteiger charge is 2.26. The Balaban J connectivity index is 1.82. The van der Waals surface area contributed by atoms with Gasteiger partial charge in [0.15, 0.2) is 0 Å². The van der Waals surface area contributed by atoms with Crippen LogP contribution in [0.25, 0.3) is 0 Å². The van der Waals surface area contributed by atoms with E-state index in [0.717, 1.165) is 5.69 Å². The lowest BCUT2D eigenvalue weighted by Gasteiger charge is -2.31. The number of amides is 3. The first kappa shape index (κ1) is 19.6. The maximum Gasteiger partial charge on any atom is 0.409 e. The first-order chi connectivity index (χ1) is 12.4. The van der Waals surface area contributed by atoms with Crippen molar-refractivity contribution >= 4 is 29.3 Å². The standard InChI is InChI=1S/C18H26N4O4/c1-4-26-18(25)22-10-8-13(9-11-22)19-16(23)17(24)20-14-6-5-7-15(12-14)21(2)3/h5-7,12-13H,4,8-11H2,1-3H3,(H,19,23)(H,20,24). The van der Waals surface area contributed by atoms with E-state index in [1.54, 1.807) is 24.0 Å². The Kier molecular flexibility index (Phi) is 6.82. The maximum atomic E-state index is 12.1. The van der Waals surface area contributed by atoms with Gasteiger partial charge in [-0.3, -0.25) is 9.59 Å². The van der Waals surface area contributed by atoms with E-state index in [0.29, 0.717) is 38.2 Å². The van der Waals surface area contributed by atoms with Crippen LogP contribution >= 0.6 is 0 Å². The molecule has 2 rings (SSSR count). The lowest BCUT2D eigenvalue weighted by atomic mass is 10.1. The molecule has 8 nitrogen and oxygen atoms in total. The third-order valence-electron chi connectivity index (χ3n) is 4.18. The van der Waals surface area contributed by atoms with Gasteiger partial charge in [-0.1, -0.05) is 6.07 Å². The van der Waals surface area contributed by atoms with Crippen LogP contribution in [0.1, 0.15) is 19.8 Å². The van der Waals surface area contributed by atoms with Crippen LogP contribution in [0.3, 0.4) is 0 Å². The Labute approximate surface area is 153 Å². The fraction of sp³-hybridized carbons (Fsp3) is 0.500. The molecule has 0 aliphatic carbocycles. The van der Waals surface area contributed by atoms with Crippen LogP contribution in [0.5, 0.6) is 0 Å². The van der Waals surface area contributed by atoms with E-state index in [1.165, 1.54) is 0 Å². The van der Waals surface area contributed by atoms with Gasteiger partial charge in [0.1, 0.15) is 0 Å². The van der Waals surface area contributed by atoms with Crippen molar-refractivity contribution in [2.75, 3.05) is 44.0 Å². The van der Waals surface area contributed by atoms with Gasteiger partial charge in [-0.05, 0) is 38.0 Å². The highest BCUT2D eigenvalue weighted by atomic mass is 16.6. The number of carbonyl (C=O) groups excluding carboxylic acids is 3. The fourth-order valence-corrected chi connectivity index (χ4v) is 2.72. The van der Waals surface area contributed by atoms with E-state index < -0.39 is 11.8 Å². The Morgan fingerprint density at radius 3 is 2.50 bits per heavy atom.